The molecule has 0 radical (unpaired) electrons. The molecule has 3 nitrogen and oxygen atoms in total. The number of amides is 1. The van der Waals surface area contributed by atoms with Gasteiger partial charge in [0, 0.05) is 0 Å². The normalized spacial score (nSPS) is 23.0. The molecule has 2 heterocycles. The quantitative estimate of drug-likeness (QED) is 0.501. The number of aliphatic imine (C=N–C) groups is 1. The summed E-state index contributed by atoms with van der Waals surface area (Å²) in [4.78, 5) is 16.9. The Morgan fingerprint density at radius 2 is 2.60 bits per heavy atom. The van der Waals surface area contributed by atoms with Gasteiger partial charge in [0.15, 0.2) is 0 Å². The van der Waals surface area contributed by atoms with Gasteiger partial charge in [0.2, 0.25) is 0 Å². The first kappa shape index (κ1) is 6.13. The van der Waals surface area contributed by atoms with Crippen molar-refractivity contribution in [1.29, 1.82) is 0 Å². The van der Waals surface area contributed by atoms with Crippen LogP contribution in [0.5, 0.6) is 0 Å². The minimum atomic E-state index is 0.239. The minimum absolute atomic E-state index is 0.239. The fourth-order valence-corrected chi connectivity index (χ4v) is 2.78. The molecular formula is C6H6N2OSe. The van der Waals surface area contributed by atoms with E-state index in [2.05, 4.69) is 4.99 Å². The van der Waals surface area contributed by atoms with Crippen LogP contribution < -0.4 is 0 Å². The fourth-order valence-electron chi connectivity index (χ4n) is 0.945. The second-order valence-corrected chi connectivity index (χ2v) is 4.07. The molecule has 0 N–H and O–H groups in total. The van der Waals surface area contributed by atoms with E-state index in [4.69, 9.17) is 0 Å². The number of nitrogens with zero attached hydrogens (tertiary/aromatic N) is 2. The zero-order valence-corrected chi connectivity index (χ0v) is 6.99. The first-order chi connectivity index (χ1) is 4.88. The summed E-state index contributed by atoms with van der Waals surface area (Å²) in [6, 6.07) is 0. The van der Waals surface area contributed by atoms with Crippen LogP contribution in [0.1, 0.15) is 0 Å². The molecule has 0 aliphatic carbocycles. The first-order valence-electron chi connectivity index (χ1n) is 3.04. The van der Waals surface area contributed by atoms with Gasteiger partial charge in [-0.25, -0.2) is 0 Å². The summed E-state index contributed by atoms with van der Waals surface area (Å²) in [6.45, 7) is 0.736. The monoisotopic (exact) mass is 202 g/mol. The van der Waals surface area contributed by atoms with Gasteiger partial charge in [-0.2, -0.15) is 0 Å². The van der Waals surface area contributed by atoms with Crippen LogP contribution in [-0.4, -0.2) is 37.0 Å². The molecule has 0 aromatic rings. The van der Waals surface area contributed by atoms with Crippen LogP contribution in [0.2, 0.25) is 5.32 Å². The Balaban J connectivity index is 2.31. The molecule has 52 valence electrons. The number of carbonyl (C=O) groups is 1. The van der Waals surface area contributed by atoms with E-state index in [1.54, 1.807) is 11.1 Å². The van der Waals surface area contributed by atoms with Crippen molar-refractivity contribution in [3.63, 3.8) is 0 Å². The predicted octanol–water partition coefficient (Wildman–Crippen LogP) is -0.166. The average molecular weight is 201 g/mol. The molecule has 2 aliphatic heterocycles. The Bertz CT molecular complexity index is 234. The van der Waals surface area contributed by atoms with Gasteiger partial charge in [-0.15, -0.1) is 0 Å². The molecule has 2 rings (SSSR count). The standard InChI is InChI=1S/C6H6N2OSe/c9-5-4-10-6-7-2-1-3-8(5)6/h1-2H,3-4H2. The maximum absolute atomic E-state index is 11.0. The van der Waals surface area contributed by atoms with Crippen molar-refractivity contribution in [3.05, 3.63) is 12.3 Å². The molecule has 4 heteroatoms. The predicted molar refractivity (Wildman–Crippen MR) is 38.8 cm³/mol. The maximum atomic E-state index is 11.0. The topological polar surface area (TPSA) is 32.7 Å². The summed E-state index contributed by atoms with van der Waals surface area (Å²) in [5, 5.41) is 0.702. The Labute approximate surface area is 65.0 Å². The van der Waals surface area contributed by atoms with E-state index in [1.165, 1.54) is 0 Å². The van der Waals surface area contributed by atoms with Crippen molar-refractivity contribution in [1.82, 2.24) is 4.90 Å². The molecule has 0 atom stereocenters. The summed E-state index contributed by atoms with van der Waals surface area (Å²) in [5.41, 5.74) is 0. The zero-order chi connectivity index (χ0) is 6.97. The third-order valence-corrected chi connectivity index (χ3v) is 3.48. The second-order valence-electron chi connectivity index (χ2n) is 2.09. The fraction of sp³-hybridized carbons (Fsp3) is 0.333. The summed E-state index contributed by atoms with van der Waals surface area (Å²) < 4.78 is 1.00. The summed E-state index contributed by atoms with van der Waals surface area (Å²) in [6.07, 6.45) is 3.69. The van der Waals surface area contributed by atoms with Gasteiger partial charge in [0.05, 0.1) is 0 Å². The van der Waals surface area contributed by atoms with Crippen LogP contribution >= 0.6 is 0 Å². The van der Waals surface area contributed by atoms with Crippen molar-refractivity contribution in [2.75, 3.05) is 6.54 Å². The molecule has 0 aromatic carbocycles. The van der Waals surface area contributed by atoms with Gasteiger partial charge in [0.1, 0.15) is 0 Å². The third kappa shape index (κ3) is 0.805. The van der Waals surface area contributed by atoms with Gasteiger partial charge >= 0.3 is 64.4 Å². The number of hydrogen-bond donors (Lipinski definition) is 0. The first-order valence-corrected chi connectivity index (χ1v) is 5.11. The molecule has 0 unspecified atom stereocenters. The van der Waals surface area contributed by atoms with E-state index in [-0.39, 0.29) is 5.91 Å². The number of hydrogen-bond acceptors (Lipinski definition) is 2. The van der Waals surface area contributed by atoms with Crippen LogP contribution in [0.4, 0.5) is 0 Å². The summed E-state index contributed by atoms with van der Waals surface area (Å²) in [7, 11) is 0. The van der Waals surface area contributed by atoms with E-state index in [0.717, 1.165) is 11.3 Å². The number of amidine groups is 1. The van der Waals surface area contributed by atoms with Crippen LogP contribution in [0.3, 0.4) is 0 Å². The molecular weight excluding hydrogens is 195 g/mol. The SMILES string of the molecule is O=C1C[Se]C2=NC=CCN12. The molecule has 0 bridgehead atoms. The number of carbonyl (C=O) groups excluding carboxylic acids is 1. The summed E-state index contributed by atoms with van der Waals surface area (Å²) >= 11 is 0.307. The molecule has 1 fully saturated rings. The molecule has 1 saturated heterocycles. The molecule has 0 saturated carbocycles. The van der Waals surface area contributed by atoms with Crippen molar-refractivity contribution >= 4 is 25.6 Å². The van der Waals surface area contributed by atoms with Gasteiger partial charge in [-0.05, 0) is 0 Å². The van der Waals surface area contributed by atoms with Crippen molar-refractivity contribution < 1.29 is 4.79 Å². The van der Waals surface area contributed by atoms with Gasteiger partial charge < -0.3 is 0 Å². The average Bonchev–Trinajstić information content (AvgIpc) is 2.34. The number of fused-ring (bicyclic) bond motifs is 1. The second kappa shape index (κ2) is 2.22. The van der Waals surface area contributed by atoms with E-state index >= 15 is 0 Å². The Hall–Kier alpha value is -0.601. The number of rotatable bonds is 0. The van der Waals surface area contributed by atoms with E-state index in [0.29, 0.717) is 20.3 Å². The van der Waals surface area contributed by atoms with Crippen molar-refractivity contribution in [2.24, 2.45) is 4.99 Å². The Kier molecular flexibility index (Phi) is 1.36. The van der Waals surface area contributed by atoms with Crippen molar-refractivity contribution in [3.8, 4) is 0 Å². The van der Waals surface area contributed by atoms with E-state index < -0.39 is 0 Å². The van der Waals surface area contributed by atoms with Crippen LogP contribution in [0.25, 0.3) is 0 Å². The molecule has 0 spiro atoms. The van der Waals surface area contributed by atoms with E-state index in [1.807, 2.05) is 6.08 Å². The van der Waals surface area contributed by atoms with Crippen LogP contribution in [0, 0.1) is 0 Å². The molecule has 0 aromatic heterocycles. The van der Waals surface area contributed by atoms with Gasteiger partial charge in [0.25, 0.3) is 0 Å². The third-order valence-electron chi connectivity index (χ3n) is 1.44. The summed E-state index contributed by atoms with van der Waals surface area (Å²) in [5.74, 6) is 0.239. The van der Waals surface area contributed by atoms with Gasteiger partial charge in [-0.1, -0.05) is 0 Å². The molecule has 1 amide bonds. The molecule has 2 aliphatic rings. The Morgan fingerprint density at radius 1 is 1.70 bits per heavy atom. The van der Waals surface area contributed by atoms with E-state index in [9.17, 15) is 4.79 Å². The molecule has 10 heavy (non-hydrogen) atoms. The van der Waals surface area contributed by atoms with Gasteiger partial charge in [-0.3, -0.25) is 0 Å². The Morgan fingerprint density at radius 3 is 3.40 bits per heavy atom. The van der Waals surface area contributed by atoms with Crippen LogP contribution in [-0.2, 0) is 4.79 Å². The van der Waals surface area contributed by atoms with Crippen LogP contribution in [0.15, 0.2) is 17.3 Å². The van der Waals surface area contributed by atoms with Crippen molar-refractivity contribution in [2.45, 2.75) is 5.32 Å². The zero-order valence-electron chi connectivity index (χ0n) is 5.28.